The van der Waals surface area contributed by atoms with Gasteiger partial charge in [0.15, 0.2) is 0 Å². The van der Waals surface area contributed by atoms with Crippen molar-refractivity contribution in [3.8, 4) is 5.75 Å². The van der Waals surface area contributed by atoms with Crippen molar-refractivity contribution < 1.29 is 14.3 Å². The van der Waals surface area contributed by atoms with Crippen molar-refractivity contribution in [3.63, 3.8) is 0 Å². The first-order chi connectivity index (χ1) is 18.7. The Kier molecular flexibility index (Phi) is 9.21. The standard InChI is InChI=1S/C29H33BrN6O3/c1-4-26(37)32-20-6-5-7-22(17-20)39-27-16-19(2)8-10-23(28(31)38)29(34-27)33-21-9-11-25(24(30)18-21)36-14-12-35(3)13-15-36/h4-7,9-11,16-19H,1,8,12-15H2,2-3H3,(H2,31,38)(H,32,37)(H,33,34)/b23-10+,27-16?. The minimum Gasteiger partial charge on any atom is -0.439 e. The van der Waals surface area contributed by atoms with Crippen LogP contribution < -0.4 is 26.0 Å². The van der Waals surface area contributed by atoms with E-state index in [9.17, 15) is 9.59 Å². The number of anilines is 3. The monoisotopic (exact) mass is 592 g/mol. The molecule has 2 aliphatic rings. The highest BCUT2D eigenvalue weighted by Gasteiger charge is 2.20. The summed E-state index contributed by atoms with van der Waals surface area (Å²) in [6.45, 7) is 9.39. The van der Waals surface area contributed by atoms with Crippen LogP contribution in [0.3, 0.4) is 0 Å². The van der Waals surface area contributed by atoms with E-state index in [4.69, 9.17) is 10.5 Å². The Hall–Kier alpha value is -3.89. The van der Waals surface area contributed by atoms with Crippen LogP contribution in [0, 0.1) is 5.92 Å². The van der Waals surface area contributed by atoms with E-state index >= 15 is 0 Å². The number of rotatable bonds is 7. The number of carbonyl (C=O) groups is 2. The SMILES string of the molecule is C=CC(=O)Nc1cccc(OC2=CC(C)C/C=C(\C(N)=O)C(Nc3ccc(N4CCN(C)CC4)c(Br)c3)=N2)c1. The predicted molar refractivity (Wildman–Crippen MR) is 160 cm³/mol. The van der Waals surface area contributed by atoms with Crippen molar-refractivity contribution >= 4 is 50.6 Å². The smallest absolute Gasteiger partial charge is 0.252 e. The second kappa shape index (κ2) is 12.8. The van der Waals surface area contributed by atoms with Gasteiger partial charge in [-0.3, -0.25) is 9.59 Å². The molecule has 2 amide bonds. The topological polar surface area (TPSA) is 112 Å². The van der Waals surface area contributed by atoms with Gasteiger partial charge in [-0.2, -0.15) is 4.99 Å². The fraction of sp³-hybridized carbons (Fsp3) is 0.276. The second-order valence-corrected chi connectivity index (χ2v) is 10.4. The number of nitrogens with two attached hydrogens (primary N) is 1. The van der Waals surface area contributed by atoms with E-state index in [1.54, 1.807) is 30.3 Å². The quantitative estimate of drug-likeness (QED) is 0.408. The lowest BCUT2D eigenvalue weighted by Crippen LogP contribution is -2.44. The number of benzene rings is 2. The van der Waals surface area contributed by atoms with Gasteiger partial charge in [-0.1, -0.05) is 25.6 Å². The van der Waals surface area contributed by atoms with E-state index in [-0.39, 0.29) is 23.2 Å². The summed E-state index contributed by atoms with van der Waals surface area (Å²) in [4.78, 5) is 33.5. The minimum atomic E-state index is -0.586. The van der Waals surface area contributed by atoms with Crippen LogP contribution in [0.2, 0.25) is 0 Å². The minimum absolute atomic E-state index is 0.0420. The highest BCUT2D eigenvalue weighted by Crippen LogP contribution is 2.31. The van der Waals surface area contributed by atoms with E-state index in [0.717, 1.165) is 42.0 Å². The van der Waals surface area contributed by atoms with E-state index in [0.29, 0.717) is 23.7 Å². The summed E-state index contributed by atoms with van der Waals surface area (Å²) in [6.07, 6.45) is 5.46. The first-order valence-corrected chi connectivity index (χ1v) is 13.5. The Morgan fingerprint density at radius 2 is 1.92 bits per heavy atom. The molecule has 0 bridgehead atoms. The van der Waals surface area contributed by atoms with Gasteiger partial charge in [-0.25, -0.2) is 0 Å². The lowest BCUT2D eigenvalue weighted by molar-refractivity contribution is -0.114. The number of nitrogens with zero attached hydrogens (tertiary/aromatic N) is 3. The molecule has 2 aliphatic heterocycles. The highest BCUT2D eigenvalue weighted by atomic mass is 79.9. The Balaban J connectivity index is 1.61. The number of likely N-dealkylation sites (N-methyl/N-ethyl adjacent to an activating group) is 1. The molecular weight excluding hydrogens is 560 g/mol. The molecule has 2 heterocycles. The number of primary amides is 1. The van der Waals surface area contributed by atoms with Gasteiger partial charge < -0.3 is 30.9 Å². The molecule has 10 heteroatoms. The van der Waals surface area contributed by atoms with Gasteiger partial charge in [0.1, 0.15) is 11.6 Å². The Labute approximate surface area is 237 Å². The van der Waals surface area contributed by atoms with Gasteiger partial charge >= 0.3 is 0 Å². The van der Waals surface area contributed by atoms with Crippen LogP contribution in [0.15, 0.2) is 88.2 Å². The van der Waals surface area contributed by atoms with Crippen LogP contribution in [0.25, 0.3) is 0 Å². The zero-order chi connectivity index (χ0) is 27.9. The molecule has 1 saturated heterocycles. The maximum absolute atomic E-state index is 12.4. The van der Waals surface area contributed by atoms with Gasteiger partial charge in [0.25, 0.3) is 5.91 Å². The molecule has 0 spiro atoms. The molecule has 1 fully saturated rings. The number of halogens is 1. The molecule has 9 nitrogen and oxygen atoms in total. The third kappa shape index (κ3) is 7.58. The average molecular weight is 594 g/mol. The van der Waals surface area contributed by atoms with Crippen LogP contribution in [0.5, 0.6) is 5.75 Å². The third-order valence-corrected chi connectivity index (χ3v) is 7.06. The molecule has 2 aromatic carbocycles. The largest absolute Gasteiger partial charge is 0.439 e. The fourth-order valence-electron chi connectivity index (χ4n) is 4.27. The zero-order valence-corrected chi connectivity index (χ0v) is 23.7. The van der Waals surface area contributed by atoms with Crippen LogP contribution >= 0.6 is 15.9 Å². The van der Waals surface area contributed by atoms with Crippen molar-refractivity contribution in [3.05, 3.63) is 83.2 Å². The summed E-state index contributed by atoms with van der Waals surface area (Å²) in [5.74, 6) is 0.199. The summed E-state index contributed by atoms with van der Waals surface area (Å²) < 4.78 is 7.04. The summed E-state index contributed by atoms with van der Waals surface area (Å²) >= 11 is 3.71. The molecule has 0 saturated carbocycles. The van der Waals surface area contributed by atoms with Gasteiger partial charge in [0.05, 0.1) is 11.3 Å². The van der Waals surface area contributed by atoms with E-state index in [1.165, 1.54) is 6.08 Å². The number of allylic oxidation sites excluding steroid dienone is 2. The number of piperazine rings is 1. The highest BCUT2D eigenvalue weighted by molar-refractivity contribution is 9.10. The molecule has 0 radical (unpaired) electrons. The van der Waals surface area contributed by atoms with Crippen LogP contribution in [-0.4, -0.2) is 55.8 Å². The van der Waals surface area contributed by atoms with Crippen LogP contribution in [0.4, 0.5) is 17.1 Å². The Bertz CT molecular complexity index is 1340. The fourth-order valence-corrected chi connectivity index (χ4v) is 4.90. The van der Waals surface area contributed by atoms with Crippen LogP contribution in [0.1, 0.15) is 13.3 Å². The summed E-state index contributed by atoms with van der Waals surface area (Å²) in [5, 5.41) is 5.98. The average Bonchev–Trinajstić information content (AvgIpc) is 2.88. The number of carbonyl (C=O) groups excluding carboxylic acids is 2. The van der Waals surface area contributed by atoms with E-state index < -0.39 is 5.91 Å². The molecule has 0 aromatic heterocycles. The van der Waals surface area contributed by atoms with Gasteiger partial charge in [-0.15, -0.1) is 0 Å². The van der Waals surface area contributed by atoms with Crippen molar-refractivity contribution in [1.29, 1.82) is 0 Å². The van der Waals surface area contributed by atoms with Gasteiger partial charge in [0, 0.05) is 48.1 Å². The number of hydrogen-bond donors (Lipinski definition) is 3. The summed E-state index contributed by atoms with van der Waals surface area (Å²) in [5.41, 5.74) is 8.45. The summed E-state index contributed by atoms with van der Waals surface area (Å²) in [6, 6.07) is 12.9. The Morgan fingerprint density at radius 3 is 2.62 bits per heavy atom. The normalized spacial score (nSPS) is 19.4. The van der Waals surface area contributed by atoms with Gasteiger partial charge in [-0.05, 0) is 77.8 Å². The first-order valence-electron chi connectivity index (χ1n) is 12.7. The van der Waals surface area contributed by atoms with E-state index in [1.807, 2.05) is 31.2 Å². The van der Waals surface area contributed by atoms with Crippen molar-refractivity contribution in [2.45, 2.75) is 13.3 Å². The van der Waals surface area contributed by atoms with E-state index in [2.05, 4.69) is 55.0 Å². The number of aliphatic imine (C=N–C) groups is 1. The molecule has 2 aromatic rings. The zero-order valence-electron chi connectivity index (χ0n) is 22.1. The second-order valence-electron chi connectivity index (χ2n) is 9.57. The molecular formula is C29H33BrN6O3. The number of hydrogen-bond acceptors (Lipinski definition) is 7. The number of amides is 2. The van der Waals surface area contributed by atoms with Gasteiger partial charge in [0.2, 0.25) is 11.8 Å². The molecule has 1 atom stereocenters. The van der Waals surface area contributed by atoms with Crippen molar-refractivity contribution in [1.82, 2.24) is 4.90 Å². The van der Waals surface area contributed by atoms with Crippen LogP contribution in [-0.2, 0) is 9.59 Å². The first kappa shape index (κ1) is 28.1. The van der Waals surface area contributed by atoms with Crippen molar-refractivity contribution in [2.75, 3.05) is 48.8 Å². The lowest BCUT2D eigenvalue weighted by atomic mass is 10.0. The third-order valence-electron chi connectivity index (χ3n) is 6.43. The number of amidine groups is 1. The maximum atomic E-state index is 12.4. The summed E-state index contributed by atoms with van der Waals surface area (Å²) in [7, 11) is 2.13. The maximum Gasteiger partial charge on any atom is 0.252 e. The predicted octanol–water partition coefficient (Wildman–Crippen LogP) is 4.51. The number of nitrogens with one attached hydrogen (secondary N) is 2. The molecule has 0 aliphatic carbocycles. The van der Waals surface area contributed by atoms with Crippen molar-refractivity contribution in [2.24, 2.45) is 16.6 Å². The molecule has 4 N–H and O–H groups in total. The lowest BCUT2D eigenvalue weighted by Gasteiger charge is -2.34. The molecule has 1 unspecified atom stereocenters. The molecule has 204 valence electrons. The Morgan fingerprint density at radius 1 is 1.15 bits per heavy atom. The number of ether oxygens (including phenoxy) is 1. The molecule has 39 heavy (non-hydrogen) atoms. The molecule has 4 rings (SSSR count).